The van der Waals surface area contributed by atoms with Crippen LogP contribution in [0.15, 0.2) is 16.6 Å². The van der Waals surface area contributed by atoms with Crippen molar-refractivity contribution in [2.45, 2.75) is 32.6 Å². The average molecular weight is 414 g/mol. The van der Waals surface area contributed by atoms with Crippen molar-refractivity contribution >= 4 is 38.3 Å². The van der Waals surface area contributed by atoms with E-state index in [0.29, 0.717) is 26.7 Å². The first-order chi connectivity index (χ1) is 11.6. The van der Waals surface area contributed by atoms with Crippen LogP contribution in [0.3, 0.4) is 0 Å². The molecule has 2 aromatic rings. The molecule has 0 spiro atoms. The van der Waals surface area contributed by atoms with Crippen LogP contribution >= 0.6 is 27.3 Å². The zero-order valence-electron chi connectivity index (χ0n) is 13.9. The monoisotopic (exact) mass is 413 g/mol. The number of amides is 1. The third-order valence-electron chi connectivity index (χ3n) is 3.38. The van der Waals surface area contributed by atoms with Crippen LogP contribution in [0.5, 0.6) is 11.5 Å². The predicted octanol–water partition coefficient (Wildman–Crippen LogP) is 4.30. The maximum absolute atomic E-state index is 12.6. The molecule has 0 radical (unpaired) electrons. The summed E-state index contributed by atoms with van der Waals surface area (Å²) < 4.78 is 11.2. The van der Waals surface area contributed by atoms with Gasteiger partial charge in [0.15, 0.2) is 0 Å². The Morgan fingerprint density at radius 2 is 2.04 bits per heavy atom. The molecular formula is C16H20BrN3O3S. The zero-order valence-corrected chi connectivity index (χ0v) is 16.3. The van der Waals surface area contributed by atoms with Crippen molar-refractivity contribution < 1.29 is 14.3 Å². The molecule has 8 heteroatoms. The van der Waals surface area contributed by atoms with Gasteiger partial charge in [-0.05, 0) is 34.5 Å². The Balaban J connectivity index is 2.13. The topological polar surface area (TPSA) is 73.3 Å². The van der Waals surface area contributed by atoms with Crippen molar-refractivity contribution in [2.75, 3.05) is 19.5 Å². The lowest BCUT2D eigenvalue weighted by Crippen LogP contribution is -2.13. The molecule has 0 saturated heterocycles. The highest BCUT2D eigenvalue weighted by Gasteiger charge is 2.19. The Bertz CT molecular complexity index is 706. The number of carbonyl (C=O) groups excluding carboxylic acids is 1. The van der Waals surface area contributed by atoms with Gasteiger partial charge in [-0.3, -0.25) is 10.1 Å². The first kappa shape index (κ1) is 18.7. The van der Waals surface area contributed by atoms with Crippen LogP contribution in [0.1, 0.15) is 41.6 Å². The van der Waals surface area contributed by atoms with E-state index < -0.39 is 0 Å². The van der Waals surface area contributed by atoms with Crippen molar-refractivity contribution in [3.05, 3.63) is 27.2 Å². The molecule has 130 valence electrons. The molecule has 1 aromatic heterocycles. The third kappa shape index (κ3) is 4.67. The number of nitrogens with one attached hydrogen (secondary N) is 1. The van der Waals surface area contributed by atoms with Gasteiger partial charge in [-0.25, -0.2) is 0 Å². The van der Waals surface area contributed by atoms with Crippen molar-refractivity contribution in [3.63, 3.8) is 0 Å². The third-order valence-corrected chi connectivity index (χ3v) is 4.87. The van der Waals surface area contributed by atoms with Crippen LogP contribution in [0.4, 0.5) is 5.13 Å². The first-order valence-electron chi connectivity index (χ1n) is 7.64. The van der Waals surface area contributed by atoms with E-state index in [1.54, 1.807) is 19.2 Å². The average Bonchev–Trinajstić information content (AvgIpc) is 3.01. The van der Waals surface area contributed by atoms with Gasteiger partial charge in [-0.2, -0.15) is 0 Å². The van der Waals surface area contributed by atoms with Crippen LogP contribution in [0, 0.1) is 0 Å². The maximum atomic E-state index is 12.6. The van der Waals surface area contributed by atoms with Crippen molar-refractivity contribution in [3.8, 4) is 11.5 Å². The van der Waals surface area contributed by atoms with E-state index in [0.717, 1.165) is 30.7 Å². The Morgan fingerprint density at radius 1 is 1.25 bits per heavy atom. The number of rotatable bonds is 8. The van der Waals surface area contributed by atoms with Crippen LogP contribution in [0.25, 0.3) is 0 Å². The molecule has 0 atom stereocenters. The van der Waals surface area contributed by atoms with E-state index >= 15 is 0 Å². The molecule has 0 unspecified atom stereocenters. The number of aromatic nitrogens is 2. The Hall–Kier alpha value is -1.67. The lowest BCUT2D eigenvalue weighted by molar-refractivity contribution is 0.102. The van der Waals surface area contributed by atoms with Gasteiger partial charge in [0.1, 0.15) is 16.5 Å². The number of hydrogen-bond acceptors (Lipinski definition) is 6. The van der Waals surface area contributed by atoms with Gasteiger partial charge < -0.3 is 9.47 Å². The minimum atomic E-state index is -0.317. The SMILES string of the molecule is CCCCCc1nnc(NC(=O)c2cc(OC)cc(Br)c2OC)s1. The lowest BCUT2D eigenvalue weighted by Gasteiger charge is -2.11. The number of aryl methyl sites for hydroxylation is 1. The van der Waals surface area contributed by atoms with Crippen LogP contribution in [0.2, 0.25) is 0 Å². The van der Waals surface area contributed by atoms with Crippen molar-refractivity contribution in [2.24, 2.45) is 0 Å². The molecule has 2 rings (SSSR count). The number of anilines is 1. The van der Waals surface area contributed by atoms with Gasteiger partial charge in [0.05, 0.1) is 24.3 Å². The first-order valence-corrected chi connectivity index (χ1v) is 9.25. The molecule has 0 aliphatic carbocycles. The van der Waals surface area contributed by atoms with Gasteiger partial charge in [-0.15, -0.1) is 10.2 Å². The fourth-order valence-electron chi connectivity index (χ4n) is 2.16. The second kappa shape index (κ2) is 8.98. The Morgan fingerprint density at radius 3 is 2.71 bits per heavy atom. The number of nitrogens with zero attached hydrogens (tertiary/aromatic N) is 2. The highest BCUT2D eigenvalue weighted by atomic mass is 79.9. The van der Waals surface area contributed by atoms with Crippen LogP contribution in [-0.2, 0) is 6.42 Å². The Kier molecular flexibility index (Phi) is 6.99. The number of benzene rings is 1. The van der Waals surface area contributed by atoms with E-state index in [-0.39, 0.29) is 5.91 Å². The highest BCUT2D eigenvalue weighted by Crippen LogP contribution is 2.34. The molecule has 1 amide bonds. The molecule has 1 aromatic carbocycles. The molecule has 0 saturated carbocycles. The smallest absolute Gasteiger partial charge is 0.261 e. The predicted molar refractivity (Wildman–Crippen MR) is 98.3 cm³/mol. The summed E-state index contributed by atoms with van der Waals surface area (Å²) in [6.45, 7) is 2.16. The summed E-state index contributed by atoms with van der Waals surface area (Å²) in [5, 5.41) is 12.3. The van der Waals surface area contributed by atoms with E-state index in [4.69, 9.17) is 9.47 Å². The minimum Gasteiger partial charge on any atom is -0.497 e. The summed E-state index contributed by atoms with van der Waals surface area (Å²) in [6.07, 6.45) is 4.29. The summed E-state index contributed by atoms with van der Waals surface area (Å²) in [7, 11) is 3.06. The number of unbranched alkanes of at least 4 members (excludes halogenated alkanes) is 2. The number of hydrogen-bond donors (Lipinski definition) is 1. The lowest BCUT2D eigenvalue weighted by atomic mass is 10.1. The minimum absolute atomic E-state index is 0.317. The van der Waals surface area contributed by atoms with Crippen LogP contribution in [-0.4, -0.2) is 30.3 Å². The number of carbonyl (C=O) groups is 1. The van der Waals surface area contributed by atoms with Crippen LogP contribution < -0.4 is 14.8 Å². The van der Waals surface area contributed by atoms with E-state index in [1.807, 2.05) is 0 Å². The van der Waals surface area contributed by atoms with Gasteiger partial charge in [0, 0.05) is 6.42 Å². The number of methoxy groups -OCH3 is 2. The molecule has 1 N–H and O–H groups in total. The summed E-state index contributed by atoms with van der Waals surface area (Å²) in [5.74, 6) is 0.689. The van der Waals surface area contributed by atoms with Gasteiger partial charge in [0.2, 0.25) is 5.13 Å². The standard InChI is InChI=1S/C16H20BrN3O3S/c1-4-5-6-7-13-19-20-16(24-13)18-15(21)11-8-10(22-2)9-12(17)14(11)23-3/h8-9H,4-7H2,1-3H3,(H,18,20,21). The van der Waals surface area contributed by atoms with Gasteiger partial charge in [-0.1, -0.05) is 31.1 Å². The van der Waals surface area contributed by atoms with Gasteiger partial charge >= 0.3 is 0 Å². The van der Waals surface area contributed by atoms with Crippen molar-refractivity contribution in [1.29, 1.82) is 0 Å². The highest BCUT2D eigenvalue weighted by molar-refractivity contribution is 9.10. The second-order valence-corrected chi connectivity index (χ2v) is 7.02. The molecule has 24 heavy (non-hydrogen) atoms. The molecule has 6 nitrogen and oxygen atoms in total. The Labute approximate surface area is 153 Å². The fraction of sp³-hybridized carbons (Fsp3) is 0.438. The number of halogens is 1. The molecule has 0 bridgehead atoms. The molecule has 0 aliphatic rings. The molecule has 1 heterocycles. The second-order valence-electron chi connectivity index (χ2n) is 5.10. The van der Waals surface area contributed by atoms with E-state index in [1.165, 1.54) is 18.4 Å². The number of ether oxygens (including phenoxy) is 2. The summed E-state index contributed by atoms with van der Waals surface area (Å²) >= 11 is 4.78. The van der Waals surface area contributed by atoms with E-state index in [9.17, 15) is 4.79 Å². The fourth-order valence-corrected chi connectivity index (χ4v) is 3.54. The van der Waals surface area contributed by atoms with E-state index in [2.05, 4.69) is 38.4 Å². The quantitative estimate of drug-likeness (QED) is 0.652. The molecule has 0 aliphatic heterocycles. The largest absolute Gasteiger partial charge is 0.497 e. The van der Waals surface area contributed by atoms with Crippen molar-refractivity contribution in [1.82, 2.24) is 10.2 Å². The molecule has 0 fully saturated rings. The zero-order chi connectivity index (χ0) is 17.5. The summed E-state index contributed by atoms with van der Waals surface area (Å²) in [5.41, 5.74) is 0.367. The maximum Gasteiger partial charge on any atom is 0.261 e. The molecular weight excluding hydrogens is 394 g/mol. The normalized spacial score (nSPS) is 10.5. The summed E-state index contributed by atoms with van der Waals surface area (Å²) in [4.78, 5) is 12.6. The van der Waals surface area contributed by atoms with Gasteiger partial charge in [0.25, 0.3) is 5.91 Å². The summed E-state index contributed by atoms with van der Waals surface area (Å²) in [6, 6.07) is 3.37.